The third kappa shape index (κ3) is 2.09. The zero-order valence-corrected chi connectivity index (χ0v) is 9.05. The van der Waals surface area contributed by atoms with Crippen LogP contribution in [0.25, 0.3) is 0 Å². The first-order valence-electron chi connectivity index (χ1n) is 4.56. The second-order valence-electron chi connectivity index (χ2n) is 3.83. The predicted molar refractivity (Wildman–Crippen MR) is 56.4 cm³/mol. The Hall–Kier alpha value is -0.410. The first kappa shape index (κ1) is 9.16. The van der Waals surface area contributed by atoms with E-state index in [0.29, 0.717) is 5.41 Å². The van der Waals surface area contributed by atoms with Crippen molar-refractivity contribution in [2.24, 2.45) is 11.1 Å². The topological polar surface area (TPSA) is 38.9 Å². The molecule has 0 unspecified atom stereocenters. The standard InChI is InChI=1S/C10H13BrN2/c11-9-3-1-2-8(13-9)6-10(7-12)4-5-10/h1-3H,4-7,12H2. The molecule has 2 nitrogen and oxygen atoms in total. The van der Waals surface area contributed by atoms with E-state index in [1.165, 1.54) is 12.8 Å². The van der Waals surface area contributed by atoms with Gasteiger partial charge in [-0.1, -0.05) is 6.07 Å². The molecule has 1 heterocycles. The summed E-state index contributed by atoms with van der Waals surface area (Å²) in [4.78, 5) is 4.41. The maximum Gasteiger partial charge on any atom is 0.106 e. The monoisotopic (exact) mass is 240 g/mol. The molecule has 0 aromatic carbocycles. The lowest BCUT2D eigenvalue weighted by molar-refractivity contribution is 0.513. The molecule has 0 spiro atoms. The van der Waals surface area contributed by atoms with E-state index in [1.807, 2.05) is 12.1 Å². The van der Waals surface area contributed by atoms with Gasteiger partial charge in [-0.25, -0.2) is 4.98 Å². The van der Waals surface area contributed by atoms with Crippen molar-refractivity contribution in [1.29, 1.82) is 0 Å². The van der Waals surface area contributed by atoms with Crippen LogP contribution in [-0.4, -0.2) is 11.5 Å². The van der Waals surface area contributed by atoms with E-state index in [1.54, 1.807) is 0 Å². The van der Waals surface area contributed by atoms with E-state index in [4.69, 9.17) is 5.73 Å². The van der Waals surface area contributed by atoms with Crippen molar-refractivity contribution in [2.75, 3.05) is 6.54 Å². The molecule has 1 aliphatic carbocycles. The van der Waals surface area contributed by atoms with E-state index in [-0.39, 0.29) is 0 Å². The Morgan fingerprint density at radius 1 is 1.46 bits per heavy atom. The Kier molecular flexibility index (Phi) is 2.39. The lowest BCUT2D eigenvalue weighted by Gasteiger charge is -2.10. The quantitative estimate of drug-likeness (QED) is 0.823. The van der Waals surface area contributed by atoms with Crippen LogP contribution >= 0.6 is 15.9 Å². The summed E-state index contributed by atoms with van der Waals surface area (Å²) in [6.45, 7) is 0.793. The largest absolute Gasteiger partial charge is 0.330 e. The second kappa shape index (κ2) is 3.39. The number of nitrogens with two attached hydrogens (primary N) is 1. The zero-order valence-electron chi connectivity index (χ0n) is 7.46. The van der Waals surface area contributed by atoms with E-state index in [2.05, 4.69) is 27.0 Å². The summed E-state index contributed by atoms with van der Waals surface area (Å²) in [6, 6.07) is 6.05. The van der Waals surface area contributed by atoms with Gasteiger partial charge in [-0.2, -0.15) is 0 Å². The van der Waals surface area contributed by atoms with Crippen molar-refractivity contribution in [3.05, 3.63) is 28.5 Å². The van der Waals surface area contributed by atoms with E-state index in [0.717, 1.165) is 23.3 Å². The summed E-state index contributed by atoms with van der Waals surface area (Å²) in [5.74, 6) is 0. The molecule has 1 fully saturated rings. The van der Waals surface area contributed by atoms with E-state index in [9.17, 15) is 0 Å². The molecule has 1 aliphatic rings. The van der Waals surface area contributed by atoms with Crippen LogP contribution in [0.2, 0.25) is 0 Å². The van der Waals surface area contributed by atoms with Gasteiger partial charge in [-0.15, -0.1) is 0 Å². The lowest BCUT2D eigenvalue weighted by Crippen LogP contribution is -2.18. The molecule has 70 valence electrons. The van der Waals surface area contributed by atoms with E-state index >= 15 is 0 Å². The van der Waals surface area contributed by atoms with Crippen molar-refractivity contribution in [1.82, 2.24) is 4.98 Å². The van der Waals surface area contributed by atoms with Crippen LogP contribution in [0.15, 0.2) is 22.8 Å². The maximum atomic E-state index is 5.72. The van der Waals surface area contributed by atoms with Crippen LogP contribution in [0.4, 0.5) is 0 Å². The predicted octanol–water partition coefficient (Wildman–Crippen LogP) is 2.13. The summed E-state index contributed by atoms with van der Waals surface area (Å²) in [5, 5.41) is 0. The van der Waals surface area contributed by atoms with Crippen molar-refractivity contribution in [3.8, 4) is 0 Å². The van der Waals surface area contributed by atoms with Crippen molar-refractivity contribution in [2.45, 2.75) is 19.3 Å². The molecule has 0 bridgehead atoms. The van der Waals surface area contributed by atoms with Gasteiger partial charge in [-0.05, 0) is 59.3 Å². The van der Waals surface area contributed by atoms with Gasteiger partial charge < -0.3 is 5.73 Å². The number of rotatable bonds is 3. The summed E-state index contributed by atoms with van der Waals surface area (Å²) in [6.07, 6.45) is 3.55. The molecule has 0 aliphatic heterocycles. The van der Waals surface area contributed by atoms with Gasteiger partial charge in [0, 0.05) is 5.69 Å². The van der Waals surface area contributed by atoms with Crippen LogP contribution in [0.3, 0.4) is 0 Å². The number of pyridine rings is 1. The lowest BCUT2D eigenvalue weighted by atomic mass is 10.0. The highest BCUT2D eigenvalue weighted by Crippen LogP contribution is 2.46. The molecule has 0 amide bonds. The fourth-order valence-corrected chi connectivity index (χ4v) is 1.94. The van der Waals surface area contributed by atoms with Crippen LogP contribution < -0.4 is 5.73 Å². The number of halogens is 1. The molecule has 1 saturated carbocycles. The minimum atomic E-state index is 0.383. The van der Waals surface area contributed by atoms with Crippen molar-refractivity contribution < 1.29 is 0 Å². The Morgan fingerprint density at radius 3 is 2.77 bits per heavy atom. The summed E-state index contributed by atoms with van der Waals surface area (Å²) >= 11 is 3.37. The molecule has 0 radical (unpaired) electrons. The second-order valence-corrected chi connectivity index (χ2v) is 4.65. The van der Waals surface area contributed by atoms with Crippen molar-refractivity contribution >= 4 is 15.9 Å². The third-order valence-corrected chi connectivity index (χ3v) is 3.16. The molecule has 1 aromatic rings. The molecule has 13 heavy (non-hydrogen) atoms. The minimum absolute atomic E-state index is 0.383. The van der Waals surface area contributed by atoms with Gasteiger partial charge in [0.2, 0.25) is 0 Å². The Morgan fingerprint density at radius 2 is 2.23 bits per heavy atom. The SMILES string of the molecule is NCC1(Cc2cccc(Br)n2)CC1. The summed E-state index contributed by atoms with van der Waals surface area (Å²) < 4.78 is 0.915. The van der Waals surface area contributed by atoms with E-state index < -0.39 is 0 Å². The normalized spacial score (nSPS) is 18.6. The molecular formula is C10H13BrN2. The molecule has 2 N–H and O–H groups in total. The van der Waals surface area contributed by atoms with Gasteiger partial charge >= 0.3 is 0 Å². The van der Waals surface area contributed by atoms with Crippen LogP contribution in [0.5, 0.6) is 0 Å². The maximum absolute atomic E-state index is 5.72. The Bertz CT molecular complexity index is 308. The van der Waals surface area contributed by atoms with Crippen molar-refractivity contribution in [3.63, 3.8) is 0 Å². The average Bonchev–Trinajstić information content (AvgIpc) is 2.86. The first-order valence-corrected chi connectivity index (χ1v) is 5.35. The molecule has 0 saturated heterocycles. The average molecular weight is 241 g/mol. The minimum Gasteiger partial charge on any atom is -0.330 e. The smallest absolute Gasteiger partial charge is 0.106 e. The Balaban J connectivity index is 2.09. The first-order chi connectivity index (χ1) is 6.24. The van der Waals surface area contributed by atoms with Gasteiger partial charge in [0.15, 0.2) is 0 Å². The number of nitrogens with zero attached hydrogens (tertiary/aromatic N) is 1. The molecule has 2 rings (SSSR count). The van der Waals surface area contributed by atoms with Gasteiger partial charge in [0.05, 0.1) is 0 Å². The number of hydrogen-bond acceptors (Lipinski definition) is 2. The zero-order chi connectivity index (χ0) is 9.31. The summed E-state index contributed by atoms with van der Waals surface area (Å²) in [7, 11) is 0. The fourth-order valence-electron chi connectivity index (χ4n) is 1.56. The van der Waals surface area contributed by atoms with Gasteiger partial charge in [0.1, 0.15) is 4.60 Å². The fraction of sp³-hybridized carbons (Fsp3) is 0.500. The Labute approximate surface area is 86.7 Å². The molecule has 1 aromatic heterocycles. The molecular weight excluding hydrogens is 228 g/mol. The molecule has 0 atom stereocenters. The molecule has 3 heteroatoms. The van der Waals surface area contributed by atoms with Crippen LogP contribution in [0.1, 0.15) is 18.5 Å². The van der Waals surface area contributed by atoms with Crippen LogP contribution in [-0.2, 0) is 6.42 Å². The third-order valence-electron chi connectivity index (χ3n) is 2.72. The highest BCUT2D eigenvalue weighted by molar-refractivity contribution is 9.10. The summed E-state index contributed by atoms with van der Waals surface area (Å²) in [5.41, 5.74) is 7.25. The number of aromatic nitrogens is 1. The van der Waals surface area contributed by atoms with Crippen LogP contribution in [0, 0.1) is 5.41 Å². The highest BCUT2D eigenvalue weighted by atomic mass is 79.9. The number of hydrogen-bond donors (Lipinski definition) is 1. The van der Waals surface area contributed by atoms with Gasteiger partial charge in [-0.3, -0.25) is 0 Å². The van der Waals surface area contributed by atoms with Gasteiger partial charge in [0.25, 0.3) is 0 Å². The highest BCUT2D eigenvalue weighted by Gasteiger charge is 2.41.